The number of fused-ring (bicyclic) bond motifs is 1. The Hall–Kier alpha value is -3.14. The number of hydrogen-bond donors (Lipinski definition) is 2. The van der Waals surface area contributed by atoms with Crippen molar-refractivity contribution in [1.29, 1.82) is 0 Å². The molecule has 0 radical (unpaired) electrons. The number of likely N-dealkylation sites (tertiary alicyclic amines) is 1. The van der Waals surface area contributed by atoms with E-state index in [-0.39, 0.29) is 23.7 Å². The summed E-state index contributed by atoms with van der Waals surface area (Å²) in [6.45, 7) is 6.46. The lowest BCUT2D eigenvalue weighted by Gasteiger charge is -2.37. The third-order valence-corrected chi connectivity index (χ3v) is 8.32. The smallest absolute Gasteiger partial charge is 0.228 e. The number of nitrogens with zero attached hydrogens (tertiary/aromatic N) is 2. The minimum Gasteiger partial charge on any atom is -0.493 e. The highest BCUT2D eigenvalue weighted by Crippen LogP contribution is 2.31. The van der Waals surface area contributed by atoms with Gasteiger partial charge in [0.05, 0.1) is 39.3 Å². The molecule has 0 aromatic heterocycles. The van der Waals surface area contributed by atoms with Gasteiger partial charge in [-0.1, -0.05) is 12.1 Å². The van der Waals surface area contributed by atoms with Crippen LogP contribution < -0.4 is 20.1 Å². The zero-order chi connectivity index (χ0) is 27.9. The molecule has 5 rings (SSSR count). The zero-order valence-electron chi connectivity index (χ0n) is 23.7. The van der Waals surface area contributed by atoms with Crippen LogP contribution in [0.3, 0.4) is 0 Å². The maximum Gasteiger partial charge on any atom is 0.228 e. The molecule has 0 unspecified atom stereocenters. The van der Waals surface area contributed by atoms with Crippen molar-refractivity contribution >= 4 is 17.5 Å². The van der Waals surface area contributed by atoms with Gasteiger partial charge in [0, 0.05) is 51.5 Å². The lowest BCUT2D eigenvalue weighted by atomic mass is 9.87. The molecule has 2 fully saturated rings. The first-order chi connectivity index (χ1) is 19.5. The Morgan fingerprint density at radius 1 is 0.900 bits per heavy atom. The van der Waals surface area contributed by atoms with E-state index in [1.807, 2.05) is 24.3 Å². The fourth-order valence-corrected chi connectivity index (χ4v) is 6.14. The van der Waals surface area contributed by atoms with Gasteiger partial charge in [-0.25, -0.2) is 0 Å². The molecule has 0 spiro atoms. The second-order valence-electron chi connectivity index (χ2n) is 11.1. The Labute approximate surface area is 237 Å². The number of morpholine rings is 1. The van der Waals surface area contributed by atoms with Crippen molar-refractivity contribution in [2.75, 3.05) is 72.0 Å². The van der Waals surface area contributed by atoms with Crippen LogP contribution in [0.1, 0.15) is 29.5 Å². The number of hydrogen-bond acceptors (Lipinski definition) is 7. The molecule has 1 aliphatic carbocycles. The van der Waals surface area contributed by atoms with E-state index < -0.39 is 0 Å². The third-order valence-electron chi connectivity index (χ3n) is 8.32. The van der Waals surface area contributed by atoms with Gasteiger partial charge in [0.2, 0.25) is 11.8 Å². The van der Waals surface area contributed by atoms with Gasteiger partial charge in [0.25, 0.3) is 0 Å². The van der Waals surface area contributed by atoms with E-state index in [4.69, 9.17) is 14.2 Å². The van der Waals surface area contributed by atoms with E-state index in [9.17, 15) is 9.59 Å². The Bertz CT molecular complexity index is 1180. The van der Waals surface area contributed by atoms with E-state index in [1.54, 1.807) is 14.2 Å². The van der Waals surface area contributed by atoms with Crippen molar-refractivity contribution in [2.45, 2.75) is 32.2 Å². The number of benzene rings is 2. The highest BCUT2D eigenvalue weighted by atomic mass is 16.5. The topological polar surface area (TPSA) is 92.4 Å². The van der Waals surface area contributed by atoms with Gasteiger partial charge in [-0.05, 0) is 66.6 Å². The van der Waals surface area contributed by atoms with Crippen molar-refractivity contribution in [3.8, 4) is 11.5 Å². The predicted octanol–water partition coefficient (Wildman–Crippen LogP) is 2.72. The number of amides is 2. The molecule has 2 saturated heterocycles. The van der Waals surface area contributed by atoms with E-state index >= 15 is 0 Å². The highest BCUT2D eigenvalue weighted by Gasteiger charge is 2.35. The van der Waals surface area contributed by atoms with Crippen molar-refractivity contribution in [3.05, 3.63) is 53.1 Å². The summed E-state index contributed by atoms with van der Waals surface area (Å²) in [6.07, 6.45) is 3.87. The number of carbonyl (C=O) groups excluding carboxylic acids is 2. The summed E-state index contributed by atoms with van der Waals surface area (Å²) in [7, 11) is 3.24. The first kappa shape index (κ1) is 28.4. The lowest BCUT2D eigenvalue weighted by molar-refractivity contribution is -0.130. The van der Waals surface area contributed by atoms with Gasteiger partial charge in [0.1, 0.15) is 0 Å². The molecule has 0 saturated carbocycles. The Balaban J connectivity index is 1.26. The predicted molar refractivity (Wildman–Crippen MR) is 154 cm³/mol. The first-order valence-electron chi connectivity index (χ1n) is 14.5. The van der Waals surface area contributed by atoms with Crippen LogP contribution in [0, 0.1) is 11.8 Å². The molecular weight excluding hydrogens is 508 g/mol. The molecule has 2 atom stereocenters. The van der Waals surface area contributed by atoms with Crippen molar-refractivity contribution in [1.82, 2.24) is 15.1 Å². The van der Waals surface area contributed by atoms with Crippen molar-refractivity contribution in [2.24, 2.45) is 11.8 Å². The number of ether oxygens (including phenoxy) is 3. The van der Waals surface area contributed by atoms with Crippen molar-refractivity contribution < 1.29 is 23.8 Å². The molecule has 2 aliphatic heterocycles. The summed E-state index contributed by atoms with van der Waals surface area (Å²) >= 11 is 0. The summed E-state index contributed by atoms with van der Waals surface area (Å²) in [6, 6.07) is 12.1. The number of carbonyl (C=O) groups is 2. The zero-order valence-corrected chi connectivity index (χ0v) is 23.7. The second-order valence-corrected chi connectivity index (χ2v) is 11.1. The van der Waals surface area contributed by atoms with Crippen LogP contribution in [0.25, 0.3) is 0 Å². The normalized spacial score (nSPS) is 21.4. The molecule has 3 aliphatic rings. The number of nitrogens with one attached hydrogen (secondary N) is 2. The molecule has 2 N–H and O–H groups in total. The summed E-state index contributed by atoms with van der Waals surface area (Å²) in [4.78, 5) is 31.4. The van der Waals surface area contributed by atoms with Crippen LogP contribution in [0.5, 0.6) is 11.5 Å². The molecule has 40 heavy (non-hydrogen) atoms. The van der Waals surface area contributed by atoms with Crippen molar-refractivity contribution in [3.63, 3.8) is 0 Å². The maximum absolute atomic E-state index is 13.5. The molecule has 9 nitrogen and oxygen atoms in total. The molecule has 0 bridgehead atoms. The van der Waals surface area contributed by atoms with Gasteiger partial charge in [-0.3, -0.25) is 19.4 Å². The Morgan fingerprint density at radius 2 is 1.65 bits per heavy atom. The Morgan fingerprint density at radius 3 is 2.42 bits per heavy atom. The summed E-state index contributed by atoms with van der Waals surface area (Å²) < 4.78 is 16.3. The van der Waals surface area contributed by atoms with Crippen LogP contribution >= 0.6 is 0 Å². The molecule has 2 amide bonds. The van der Waals surface area contributed by atoms with Gasteiger partial charge >= 0.3 is 0 Å². The number of piperidine rings is 1. The average molecular weight is 551 g/mol. The maximum atomic E-state index is 13.5. The van der Waals surface area contributed by atoms with Gasteiger partial charge in [0.15, 0.2) is 11.5 Å². The number of aryl methyl sites for hydroxylation is 2. The monoisotopic (exact) mass is 550 g/mol. The molecule has 2 heterocycles. The molecular formula is C31H42N4O5. The minimum atomic E-state index is -0.294. The second kappa shape index (κ2) is 13.5. The van der Waals surface area contributed by atoms with Crippen LogP contribution in [-0.2, 0) is 33.7 Å². The van der Waals surface area contributed by atoms with Crippen LogP contribution in [-0.4, -0.2) is 88.3 Å². The largest absolute Gasteiger partial charge is 0.493 e. The standard InChI is InChI=1S/C31H42N4O5/c1-38-28-9-6-22(16-29(28)39-2)19-35-20-25(30(36)32-10-11-34-12-14-40-15-13-34)17-26(21-35)31(37)33-27-8-7-23-4-3-5-24(23)18-27/h6-9,16,18,25-26H,3-5,10-15,17,19-21H2,1-2H3,(H,32,36)(H,33,37)/t25-,26+/m0/s1. The van der Waals surface area contributed by atoms with Crippen LogP contribution in [0.2, 0.25) is 0 Å². The SMILES string of the molecule is COc1ccc(CN2C[C@@H](C(=O)NCCN3CCOCC3)C[C@@H](C(=O)Nc3ccc4c(c3)CCC4)C2)cc1OC. The molecule has 9 heteroatoms. The number of anilines is 1. The molecule has 2 aromatic rings. The Kier molecular flexibility index (Phi) is 9.57. The van der Waals surface area contributed by atoms with E-state index in [1.165, 1.54) is 17.5 Å². The fraction of sp³-hybridized carbons (Fsp3) is 0.548. The van der Waals surface area contributed by atoms with Crippen LogP contribution in [0.15, 0.2) is 36.4 Å². The van der Waals surface area contributed by atoms with Gasteiger partial charge in [-0.2, -0.15) is 0 Å². The van der Waals surface area contributed by atoms with Gasteiger partial charge in [-0.15, -0.1) is 0 Å². The average Bonchev–Trinajstić information content (AvgIpc) is 3.45. The van der Waals surface area contributed by atoms with E-state index in [0.717, 1.165) is 56.9 Å². The number of methoxy groups -OCH3 is 2. The third kappa shape index (κ3) is 7.13. The summed E-state index contributed by atoms with van der Waals surface area (Å²) in [5.41, 5.74) is 4.60. The fourth-order valence-electron chi connectivity index (χ4n) is 6.14. The summed E-state index contributed by atoms with van der Waals surface area (Å²) in [5.74, 6) is 0.766. The number of rotatable bonds is 10. The summed E-state index contributed by atoms with van der Waals surface area (Å²) in [5, 5.41) is 6.29. The van der Waals surface area contributed by atoms with E-state index in [0.29, 0.717) is 44.1 Å². The molecule has 2 aromatic carbocycles. The van der Waals surface area contributed by atoms with Gasteiger partial charge < -0.3 is 24.8 Å². The lowest BCUT2D eigenvalue weighted by Crippen LogP contribution is -2.50. The van der Waals surface area contributed by atoms with Crippen LogP contribution in [0.4, 0.5) is 5.69 Å². The molecule has 216 valence electrons. The van der Waals surface area contributed by atoms with E-state index in [2.05, 4.69) is 32.6 Å². The minimum absolute atomic E-state index is 0.0144. The first-order valence-corrected chi connectivity index (χ1v) is 14.5. The highest BCUT2D eigenvalue weighted by molar-refractivity contribution is 5.93. The quantitative estimate of drug-likeness (QED) is 0.470.